The first-order valence-electron chi connectivity index (χ1n) is 6.56. The molecule has 0 aromatic heterocycles. The molecule has 0 saturated carbocycles. The Bertz CT molecular complexity index is 447. The second kappa shape index (κ2) is 6.06. The predicted octanol–water partition coefficient (Wildman–Crippen LogP) is 1.90. The third-order valence-corrected chi connectivity index (χ3v) is 3.86. The van der Waals surface area contributed by atoms with Crippen molar-refractivity contribution >= 4 is 5.97 Å². The lowest BCUT2D eigenvalue weighted by atomic mass is 9.80. The fraction of sp³-hybridized carbons (Fsp3) is 0.533. The highest BCUT2D eigenvalue weighted by atomic mass is 16.5. The summed E-state index contributed by atoms with van der Waals surface area (Å²) in [6.07, 6.45) is 0.825. The van der Waals surface area contributed by atoms with E-state index < -0.39 is 0 Å². The second-order valence-corrected chi connectivity index (χ2v) is 5.03. The Hall–Kier alpha value is -1.55. The van der Waals surface area contributed by atoms with Crippen LogP contribution in [-0.4, -0.2) is 45.2 Å². The summed E-state index contributed by atoms with van der Waals surface area (Å²) in [6, 6.07) is 7.92. The van der Waals surface area contributed by atoms with Crippen LogP contribution in [0.4, 0.5) is 0 Å². The number of rotatable bonds is 3. The minimum Gasteiger partial charge on any atom is -0.496 e. The van der Waals surface area contributed by atoms with E-state index in [0.29, 0.717) is 0 Å². The quantitative estimate of drug-likeness (QED) is 0.781. The van der Waals surface area contributed by atoms with Gasteiger partial charge in [-0.15, -0.1) is 0 Å². The third kappa shape index (κ3) is 2.89. The molecular weight excluding hydrogens is 242 g/mol. The van der Waals surface area contributed by atoms with E-state index in [1.165, 1.54) is 7.11 Å². The van der Waals surface area contributed by atoms with Gasteiger partial charge >= 0.3 is 5.97 Å². The molecule has 0 N–H and O–H groups in total. The number of hydrogen-bond acceptors (Lipinski definition) is 4. The predicted molar refractivity (Wildman–Crippen MR) is 73.4 cm³/mol. The SMILES string of the molecule is COC(=O)C1CCN(C)CC1c1ccccc1OC. The van der Waals surface area contributed by atoms with Crippen LogP contribution in [-0.2, 0) is 9.53 Å². The van der Waals surface area contributed by atoms with Gasteiger partial charge in [0, 0.05) is 12.5 Å². The number of para-hydroxylation sites is 1. The summed E-state index contributed by atoms with van der Waals surface area (Å²) in [7, 11) is 5.20. The number of piperidine rings is 1. The second-order valence-electron chi connectivity index (χ2n) is 5.03. The number of hydrogen-bond donors (Lipinski definition) is 0. The molecule has 2 rings (SSSR count). The van der Waals surface area contributed by atoms with Crippen molar-refractivity contribution in [3.63, 3.8) is 0 Å². The van der Waals surface area contributed by atoms with Crippen molar-refractivity contribution < 1.29 is 14.3 Å². The Morgan fingerprint density at radius 1 is 1.32 bits per heavy atom. The van der Waals surface area contributed by atoms with Gasteiger partial charge < -0.3 is 14.4 Å². The molecule has 1 saturated heterocycles. The molecule has 4 nitrogen and oxygen atoms in total. The molecule has 1 fully saturated rings. The molecule has 2 atom stereocenters. The Balaban J connectivity index is 2.33. The Kier molecular flexibility index (Phi) is 4.43. The number of carbonyl (C=O) groups is 1. The highest BCUT2D eigenvalue weighted by molar-refractivity contribution is 5.74. The van der Waals surface area contributed by atoms with Crippen molar-refractivity contribution in [2.75, 3.05) is 34.4 Å². The van der Waals surface area contributed by atoms with Gasteiger partial charge in [0.15, 0.2) is 0 Å². The minimum atomic E-state index is -0.121. The van der Waals surface area contributed by atoms with Gasteiger partial charge in [0.1, 0.15) is 5.75 Å². The summed E-state index contributed by atoms with van der Waals surface area (Å²) in [5.41, 5.74) is 1.09. The van der Waals surface area contributed by atoms with Crippen molar-refractivity contribution in [2.45, 2.75) is 12.3 Å². The van der Waals surface area contributed by atoms with Crippen LogP contribution in [0, 0.1) is 5.92 Å². The summed E-state index contributed by atoms with van der Waals surface area (Å²) in [5, 5.41) is 0. The molecule has 19 heavy (non-hydrogen) atoms. The minimum absolute atomic E-state index is 0.0856. The maximum Gasteiger partial charge on any atom is 0.309 e. The molecule has 0 spiro atoms. The Morgan fingerprint density at radius 2 is 2.05 bits per heavy atom. The van der Waals surface area contributed by atoms with Gasteiger partial charge in [0.2, 0.25) is 0 Å². The summed E-state index contributed by atoms with van der Waals surface area (Å²) >= 11 is 0. The number of likely N-dealkylation sites (tertiary alicyclic amines) is 1. The normalized spacial score (nSPS) is 23.9. The molecule has 1 aliphatic rings. The van der Waals surface area contributed by atoms with Crippen molar-refractivity contribution in [2.24, 2.45) is 5.92 Å². The molecule has 1 aromatic rings. The number of benzene rings is 1. The average molecular weight is 263 g/mol. The third-order valence-electron chi connectivity index (χ3n) is 3.86. The number of methoxy groups -OCH3 is 2. The van der Waals surface area contributed by atoms with Gasteiger partial charge in [-0.2, -0.15) is 0 Å². The molecule has 4 heteroatoms. The standard InChI is InChI=1S/C15H21NO3/c1-16-9-8-12(15(17)19-3)13(10-16)11-6-4-5-7-14(11)18-2/h4-7,12-13H,8-10H2,1-3H3. The number of likely N-dealkylation sites (N-methyl/N-ethyl adjacent to an activating group) is 1. The Labute approximate surface area is 114 Å². The zero-order chi connectivity index (χ0) is 13.8. The van der Waals surface area contributed by atoms with Crippen molar-refractivity contribution in [1.29, 1.82) is 0 Å². The molecule has 1 aromatic carbocycles. The number of ether oxygens (including phenoxy) is 2. The van der Waals surface area contributed by atoms with Crippen molar-refractivity contribution in [3.05, 3.63) is 29.8 Å². The zero-order valence-corrected chi connectivity index (χ0v) is 11.8. The van der Waals surface area contributed by atoms with E-state index in [2.05, 4.69) is 11.9 Å². The number of esters is 1. The van der Waals surface area contributed by atoms with Gasteiger partial charge in [-0.05, 0) is 31.6 Å². The lowest BCUT2D eigenvalue weighted by Gasteiger charge is -2.36. The highest BCUT2D eigenvalue weighted by Crippen LogP contribution is 2.37. The summed E-state index contributed by atoms with van der Waals surface area (Å²) in [6.45, 7) is 1.77. The first kappa shape index (κ1) is 13.9. The van der Waals surface area contributed by atoms with Crippen LogP contribution in [0.25, 0.3) is 0 Å². The van der Waals surface area contributed by atoms with Crippen LogP contribution in [0.1, 0.15) is 17.9 Å². The van der Waals surface area contributed by atoms with E-state index >= 15 is 0 Å². The van der Waals surface area contributed by atoms with Crippen LogP contribution in [0.15, 0.2) is 24.3 Å². The lowest BCUT2D eigenvalue weighted by Crippen LogP contribution is -2.40. The van der Waals surface area contributed by atoms with E-state index in [-0.39, 0.29) is 17.8 Å². The van der Waals surface area contributed by atoms with Gasteiger partial charge in [-0.3, -0.25) is 4.79 Å². The van der Waals surface area contributed by atoms with Crippen LogP contribution in [0.3, 0.4) is 0 Å². The molecule has 0 bridgehead atoms. The lowest BCUT2D eigenvalue weighted by molar-refractivity contribution is -0.147. The van der Waals surface area contributed by atoms with Gasteiger partial charge in [0.05, 0.1) is 20.1 Å². The Morgan fingerprint density at radius 3 is 2.74 bits per heavy atom. The molecule has 104 valence electrons. The van der Waals surface area contributed by atoms with Crippen molar-refractivity contribution in [3.8, 4) is 5.75 Å². The molecule has 0 amide bonds. The molecule has 0 aliphatic carbocycles. The number of nitrogens with zero attached hydrogens (tertiary/aromatic N) is 1. The van der Waals surface area contributed by atoms with Gasteiger partial charge in [-0.1, -0.05) is 18.2 Å². The van der Waals surface area contributed by atoms with E-state index in [0.717, 1.165) is 30.8 Å². The first-order chi connectivity index (χ1) is 9.17. The maximum atomic E-state index is 12.0. The first-order valence-corrected chi connectivity index (χ1v) is 6.56. The smallest absolute Gasteiger partial charge is 0.309 e. The largest absolute Gasteiger partial charge is 0.496 e. The summed E-state index contributed by atoms with van der Waals surface area (Å²) < 4.78 is 10.4. The number of carbonyl (C=O) groups excluding carboxylic acids is 1. The maximum absolute atomic E-state index is 12.0. The van der Waals surface area contributed by atoms with Crippen molar-refractivity contribution in [1.82, 2.24) is 4.90 Å². The average Bonchev–Trinajstić information content (AvgIpc) is 2.46. The van der Waals surface area contributed by atoms with Crippen LogP contribution in [0.2, 0.25) is 0 Å². The van der Waals surface area contributed by atoms with Crippen LogP contribution in [0.5, 0.6) is 5.75 Å². The van der Waals surface area contributed by atoms with E-state index in [4.69, 9.17) is 9.47 Å². The molecular formula is C15H21NO3. The van der Waals surface area contributed by atoms with E-state index in [1.54, 1.807) is 7.11 Å². The van der Waals surface area contributed by atoms with Gasteiger partial charge in [0.25, 0.3) is 0 Å². The molecule has 2 unspecified atom stereocenters. The fourth-order valence-electron chi connectivity index (χ4n) is 2.84. The van der Waals surface area contributed by atoms with Crippen LogP contribution < -0.4 is 4.74 Å². The zero-order valence-electron chi connectivity index (χ0n) is 11.8. The van der Waals surface area contributed by atoms with Gasteiger partial charge in [-0.25, -0.2) is 0 Å². The monoisotopic (exact) mass is 263 g/mol. The van der Waals surface area contributed by atoms with E-state index in [9.17, 15) is 4.79 Å². The topological polar surface area (TPSA) is 38.8 Å². The molecule has 0 radical (unpaired) electrons. The van der Waals surface area contributed by atoms with Crippen LogP contribution >= 0.6 is 0 Å². The summed E-state index contributed by atoms with van der Waals surface area (Å²) in [5.74, 6) is 0.764. The summed E-state index contributed by atoms with van der Waals surface area (Å²) in [4.78, 5) is 14.2. The fourth-order valence-corrected chi connectivity index (χ4v) is 2.84. The molecule has 1 aliphatic heterocycles. The van der Waals surface area contributed by atoms with E-state index in [1.807, 2.05) is 24.3 Å². The highest BCUT2D eigenvalue weighted by Gasteiger charge is 2.36. The molecule has 1 heterocycles.